The summed E-state index contributed by atoms with van der Waals surface area (Å²) >= 11 is 0. The lowest BCUT2D eigenvalue weighted by molar-refractivity contribution is -0.136. The van der Waals surface area contributed by atoms with Crippen LogP contribution in [0.2, 0.25) is 0 Å². The van der Waals surface area contributed by atoms with Crippen LogP contribution < -0.4 is 5.32 Å². The Hall–Kier alpha value is -1.58. The van der Waals surface area contributed by atoms with E-state index in [1.54, 1.807) is 0 Å². The minimum Gasteiger partial charge on any atom is -0.481 e. The Morgan fingerprint density at radius 3 is 1.96 bits per heavy atom. The average Bonchev–Trinajstić information content (AvgIpc) is 2.58. The Morgan fingerprint density at radius 2 is 1.36 bits per heavy atom. The minimum atomic E-state index is -0.878. The van der Waals surface area contributed by atoms with Gasteiger partial charge < -0.3 is 10.4 Å². The zero-order valence-corrected chi connectivity index (χ0v) is 16.0. The Kier molecular flexibility index (Phi) is 17.6. The molecule has 0 radical (unpaired) electrons. The topological polar surface area (TPSA) is 66.4 Å². The maximum Gasteiger partial charge on any atom is 0.305 e. The van der Waals surface area contributed by atoms with Gasteiger partial charge in [-0.3, -0.25) is 9.59 Å². The maximum atomic E-state index is 11.4. The monoisotopic (exact) mass is 351 g/mol. The molecule has 0 rings (SSSR count). The standard InChI is InChI=1S/C21H37NO3/c1-2-3-4-5-6-7-8-9-10-11-12-13-14-15-16-17-20(23)22-19-18-21(24)25/h7-10H,2-6,11-19H2,1H3,(H,22,23)(H,24,25)/b8-7+,10-9+. The quantitative estimate of drug-likeness (QED) is 0.273. The predicted octanol–water partition coefficient (Wildman–Crippen LogP) is 5.39. The van der Waals surface area contributed by atoms with Crippen molar-refractivity contribution in [2.75, 3.05) is 6.54 Å². The first-order chi connectivity index (χ1) is 12.2. The van der Waals surface area contributed by atoms with Crippen molar-refractivity contribution < 1.29 is 14.7 Å². The smallest absolute Gasteiger partial charge is 0.305 e. The molecule has 0 aliphatic rings. The van der Waals surface area contributed by atoms with Crippen LogP contribution in [0.4, 0.5) is 0 Å². The molecule has 0 spiro atoms. The van der Waals surface area contributed by atoms with Crippen molar-refractivity contribution in [1.82, 2.24) is 5.32 Å². The molecule has 1 amide bonds. The van der Waals surface area contributed by atoms with E-state index in [-0.39, 0.29) is 18.9 Å². The third kappa shape index (κ3) is 20.4. The van der Waals surface area contributed by atoms with Crippen LogP contribution >= 0.6 is 0 Å². The molecule has 0 aromatic rings. The highest BCUT2D eigenvalue weighted by molar-refractivity contribution is 5.76. The Morgan fingerprint density at radius 1 is 0.800 bits per heavy atom. The summed E-state index contributed by atoms with van der Waals surface area (Å²) in [6.45, 7) is 2.47. The van der Waals surface area contributed by atoms with Crippen LogP contribution in [0, 0.1) is 0 Å². The number of carbonyl (C=O) groups is 2. The summed E-state index contributed by atoms with van der Waals surface area (Å²) in [5.74, 6) is -0.914. The van der Waals surface area contributed by atoms with Crippen molar-refractivity contribution in [2.24, 2.45) is 0 Å². The number of carboxylic acids is 1. The van der Waals surface area contributed by atoms with Gasteiger partial charge in [0.05, 0.1) is 6.42 Å². The summed E-state index contributed by atoms with van der Waals surface area (Å²) in [5.41, 5.74) is 0. The third-order valence-corrected chi connectivity index (χ3v) is 4.04. The third-order valence-electron chi connectivity index (χ3n) is 4.04. The van der Waals surface area contributed by atoms with Gasteiger partial charge in [-0.05, 0) is 32.1 Å². The summed E-state index contributed by atoms with van der Waals surface area (Å²) in [7, 11) is 0. The van der Waals surface area contributed by atoms with E-state index >= 15 is 0 Å². The lowest BCUT2D eigenvalue weighted by Crippen LogP contribution is -2.25. The zero-order chi connectivity index (χ0) is 18.6. The molecule has 25 heavy (non-hydrogen) atoms. The molecule has 0 aromatic heterocycles. The zero-order valence-electron chi connectivity index (χ0n) is 16.0. The largest absolute Gasteiger partial charge is 0.481 e. The number of hydrogen-bond acceptors (Lipinski definition) is 2. The van der Waals surface area contributed by atoms with Crippen LogP contribution in [0.15, 0.2) is 24.3 Å². The lowest BCUT2D eigenvalue weighted by Gasteiger charge is -2.03. The highest BCUT2D eigenvalue weighted by Crippen LogP contribution is 2.08. The minimum absolute atomic E-state index is 0.00664. The van der Waals surface area contributed by atoms with E-state index < -0.39 is 5.97 Å². The van der Waals surface area contributed by atoms with Crippen molar-refractivity contribution >= 4 is 11.9 Å². The molecule has 4 heteroatoms. The summed E-state index contributed by atoms with van der Waals surface area (Å²) in [4.78, 5) is 21.8. The van der Waals surface area contributed by atoms with Crippen molar-refractivity contribution in [3.63, 3.8) is 0 Å². The summed E-state index contributed by atoms with van der Waals surface area (Å²) in [6.07, 6.45) is 22.4. The van der Waals surface area contributed by atoms with Crippen molar-refractivity contribution in [3.05, 3.63) is 24.3 Å². The van der Waals surface area contributed by atoms with Crippen LogP contribution in [0.5, 0.6) is 0 Å². The van der Waals surface area contributed by atoms with Gasteiger partial charge >= 0.3 is 5.97 Å². The molecule has 0 aliphatic carbocycles. The van der Waals surface area contributed by atoms with Gasteiger partial charge in [0.15, 0.2) is 0 Å². The first kappa shape index (κ1) is 23.4. The van der Waals surface area contributed by atoms with Gasteiger partial charge in [-0.1, -0.05) is 69.8 Å². The molecule has 0 aromatic carbocycles. The highest BCUT2D eigenvalue weighted by atomic mass is 16.4. The van der Waals surface area contributed by atoms with E-state index in [9.17, 15) is 9.59 Å². The fourth-order valence-corrected chi connectivity index (χ4v) is 2.51. The molecule has 0 aliphatic heterocycles. The van der Waals surface area contributed by atoms with Gasteiger partial charge in [0.25, 0.3) is 0 Å². The van der Waals surface area contributed by atoms with E-state index in [0.29, 0.717) is 6.42 Å². The number of amides is 1. The first-order valence-electron chi connectivity index (χ1n) is 9.97. The van der Waals surface area contributed by atoms with Gasteiger partial charge in [0.1, 0.15) is 0 Å². The first-order valence-corrected chi connectivity index (χ1v) is 9.97. The van der Waals surface area contributed by atoms with Crippen molar-refractivity contribution in [1.29, 1.82) is 0 Å². The molecule has 0 bridgehead atoms. The van der Waals surface area contributed by atoms with Gasteiger partial charge in [0.2, 0.25) is 5.91 Å². The molecule has 0 heterocycles. The molecule has 0 saturated carbocycles. The van der Waals surface area contributed by atoms with E-state index in [4.69, 9.17) is 5.11 Å². The van der Waals surface area contributed by atoms with E-state index in [0.717, 1.165) is 25.7 Å². The molecule has 4 nitrogen and oxygen atoms in total. The fraction of sp³-hybridized carbons (Fsp3) is 0.714. The van der Waals surface area contributed by atoms with Crippen LogP contribution in [0.1, 0.15) is 90.4 Å². The second-order valence-electron chi connectivity index (χ2n) is 6.51. The number of carboxylic acid groups (broad SMARTS) is 1. The Labute approximate surface area is 153 Å². The predicted molar refractivity (Wildman–Crippen MR) is 105 cm³/mol. The van der Waals surface area contributed by atoms with Gasteiger partial charge in [-0.25, -0.2) is 0 Å². The van der Waals surface area contributed by atoms with Gasteiger partial charge in [-0.2, -0.15) is 0 Å². The normalized spacial score (nSPS) is 11.4. The molecular weight excluding hydrogens is 314 g/mol. The molecule has 0 unspecified atom stereocenters. The number of unbranched alkanes of at least 4 members (excludes halogenated alkanes) is 9. The Bertz CT molecular complexity index is 389. The van der Waals surface area contributed by atoms with Crippen LogP contribution in [-0.2, 0) is 9.59 Å². The molecular formula is C21H37NO3. The number of carbonyl (C=O) groups excluding carboxylic acids is 1. The van der Waals surface area contributed by atoms with E-state index in [1.165, 1.54) is 44.9 Å². The molecule has 0 saturated heterocycles. The molecule has 2 N–H and O–H groups in total. The maximum absolute atomic E-state index is 11.4. The molecule has 0 fully saturated rings. The van der Waals surface area contributed by atoms with Crippen molar-refractivity contribution in [3.8, 4) is 0 Å². The number of aliphatic carboxylic acids is 1. The summed E-state index contributed by atoms with van der Waals surface area (Å²) in [6, 6.07) is 0. The number of rotatable bonds is 17. The van der Waals surface area contributed by atoms with Crippen LogP contribution in [0.25, 0.3) is 0 Å². The number of hydrogen-bond donors (Lipinski definition) is 2. The Balaban J connectivity index is 3.30. The highest BCUT2D eigenvalue weighted by Gasteiger charge is 2.02. The van der Waals surface area contributed by atoms with Gasteiger partial charge in [0, 0.05) is 13.0 Å². The fourth-order valence-electron chi connectivity index (χ4n) is 2.51. The molecule has 144 valence electrons. The summed E-state index contributed by atoms with van der Waals surface area (Å²) in [5, 5.41) is 11.1. The van der Waals surface area contributed by atoms with Gasteiger partial charge in [-0.15, -0.1) is 0 Å². The van der Waals surface area contributed by atoms with E-state index in [2.05, 4.69) is 36.5 Å². The average molecular weight is 352 g/mol. The second kappa shape index (κ2) is 18.8. The van der Waals surface area contributed by atoms with Crippen molar-refractivity contribution in [2.45, 2.75) is 90.4 Å². The lowest BCUT2D eigenvalue weighted by atomic mass is 10.1. The summed E-state index contributed by atoms with van der Waals surface area (Å²) < 4.78 is 0. The SMILES string of the molecule is CCCCCC/C=C/C=C/CCCCCCCC(=O)NCCC(=O)O. The van der Waals surface area contributed by atoms with E-state index in [1.807, 2.05) is 0 Å². The number of allylic oxidation sites excluding steroid dienone is 4. The van der Waals surface area contributed by atoms with Crippen LogP contribution in [-0.4, -0.2) is 23.5 Å². The van der Waals surface area contributed by atoms with Crippen LogP contribution in [0.3, 0.4) is 0 Å². The molecule has 0 atom stereocenters. The number of nitrogens with one attached hydrogen (secondary N) is 1. The second-order valence-corrected chi connectivity index (χ2v) is 6.51.